The predicted molar refractivity (Wildman–Crippen MR) is 98.9 cm³/mol. The van der Waals surface area contributed by atoms with Gasteiger partial charge in [0.2, 0.25) is 17.8 Å². The number of nitrogens with one attached hydrogen (secondary N) is 2. The number of para-hydroxylation sites is 2. The summed E-state index contributed by atoms with van der Waals surface area (Å²) in [5, 5.41) is 5.67. The molecule has 2 aromatic carbocycles. The molecule has 1 atom stereocenters. The van der Waals surface area contributed by atoms with Gasteiger partial charge in [0.15, 0.2) is 0 Å². The number of fused-ring (bicyclic) bond motifs is 3. The van der Waals surface area contributed by atoms with E-state index in [9.17, 15) is 9.59 Å². The summed E-state index contributed by atoms with van der Waals surface area (Å²) in [4.78, 5) is 30.4. The Morgan fingerprint density at radius 1 is 1.28 bits per heavy atom. The van der Waals surface area contributed by atoms with Crippen molar-refractivity contribution in [2.45, 2.75) is 17.4 Å². The number of imidazole rings is 1. The Morgan fingerprint density at radius 3 is 2.96 bits per heavy atom. The van der Waals surface area contributed by atoms with E-state index in [1.165, 1.54) is 0 Å². The monoisotopic (exact) mass is 352 g/mol. The minimum atomic E-state index is -0.630. The lowest BCUT2D eigenvalue weighted by Gasteiger charge is -2.25. The van der Waals surface area contributed by atoms with Crippen LogP contribution in [0, 0.1) is 0 Å². The van der Waals surface area contributed by atoms with Gasteiger partial charge in [-0.05, 0) is 36.6 Å². The SMILES string of the molecule is CSc1cccc(NC(=O)[C@@H]2CC(=O)Nc3nc4ccccc4n32)c1. The molecule has 126 valence electrons. The normalized spacial score (nSPS) is 16.4. The molecule has 0 saturated heterocycles. The largest absolute Gasteiger partial charge is 0.324 e. The van der Waals surface area contributed by atoms with Crippen LogP contribution in [0.25, 0.3) is 11.0 Å². The van der Waals surface area contributed by atoms with Crippen LogP contribution in [0.5, 0.6) is 0 Å². The van der Waals surface area contributed by atoms with E-state index in [-0.39, 0.29) is 18.2 Å². The number of aromatic nitrogens is 2. The van der Waals surface area contributed by atoms with Gasteiger partial charge >= 0.3 is 0 Å². The average molecular weight is 352 g/mol. The number of thioether (sulfide) groups is 1. The molecule has 3 aromatic rings. The van der Waals surface area contributed by atoms with Crippen molar-refractivity contribution in [2.75, 3.05) is 16.9 Å². The van der Waals surface area contributed by atoms with Crippen LogP contribution in [-0.2, 0) is 9.59 Å². The van der Waals surface area contributed by atoms with Gasteiger partial charge in [-0.25, -0.2) is 4.98 Å². The van der Waals surface area contributed by atoms with Gasteiger partial charge in [-0.3, -0.25) is 19.5 Å². The van der Waals surface area contributed by atoms with Gasteiger partial charge in [-0.15, -0.1) is 11.8 Å². The molecule has 0 radical (unpaired) electrons. The highest BCUT2D eigenvalue weighted by molar-refractivity contribution is 7.98. The quantitative estimate of drug-likeness (QED) is 0.709. The molecule has 1 aromatic heterocycles. The van der Waals surface area contributed by atoms with Gasteiger partial charge in [0, 0.05) is 10.6 Å². The van der Waals surface area contributed by atoms with Crippen LogP contribution in [0.4, 0.5) is 11.6 Å². The molecule has 0 saturated carbocycles. The fourth-order valence-corrected chi connectivity index (χ4v) is 3.49. The van der Waals surface area contributed by atoms with Gasteiger partial charge < -0.3 is 5.32 Å². The summed E-state index contributed by atoms with van der Waals surface area (Å²) < 4.78 is 1.80. The van der Waals surface area contributed by atoms with Crippen molar-refractivity contribution in [2.24, 2.45) is 0 Å². The zero-order valence-corrected chi connectivity index (χ0v) is 14.3. The molecule has 0 unspecified atom stereocenters. The molecular weight excluding hydrogens is 336 g/mol. The summed E-state index contributed by atoms with van der Waals surface area (Å²) in [5.74, 6) is -0.0196. The van der Waals surface area contributed by atoms with Crippen LogP contribution in [0.2, 0.25) is 0 Å². The third kappa shape index (κ3) is 2.87. The van der Waals surface area contributed by atoms with E-state index in [2.05, 4.69) is 15.6 Å². The van der Waals surface area contributed by atoms with Crippen LogP contribution in [0.1, 0.15) is 12.5 Å². The highest BCUT2D eigenvalue weighted by Crippen LogP contribution is 2.31. The second kappa shape index (κ2) is 6.25. The van der Waals surface area contributed by atoms with Crippen molar-refractivity contribution < 1.29 is 9.59 Å². The molecule has 0 bridgehead atoms. The first-order chi connectivity index (χ1) is 12.2. The lowest BCUT2D eigenvalue weighted by Crippen LogP contribution is -2.35. The molecule has 1 aliphatic rings. The minimum Gasteiger partial charge on any atom is -0.324 e. The van der Waals surface area contributed by atoms with E-state index >= 15 is 0 Å². The minimum absolute atomic E-state index is 0.0847. The third-order valence-corrected chi connectivity index (χ3v) is 4.90. The molecule has 2 heterocycles. The smallest absolute Gasteiger partial charge is 0.248 e. The van der Waals surface area contributed by atoms with Crippen molar-refractivity contribution in [1.82, 2.24) is 9.55 Å². The summed E-state index contributed by atoms with van der Waals surface area (Å²) in [5.41, 5.74) is 2.30. The summed E-state index contributed by atoms with van der Waals surface area (Å²) in [6, 6.07) is 14.5. The van der Waals surface area contributed by atoms with Crippen molar-refractivity contribution >= 4 is 46.2 Å². The van der Waals surface area contributed by atoms with E-state index in [1.807, 2.05) is 54.8 Å². The molecular formula is C18H16N4O2S. The maximum atomic E-state index is 12.9. The summed E-state index contributed by atoms with van der Waals surface area (Å²) in [7, 11) is 0. The number of carbonyl (C=O) groups excluding carboxylic acids is 2. The molecule has 4 rings (SSSR count). The zero-order chi connectivity index (χ0) is 17.4. The first-order valence-corrected chi connectivity index (χ1v) is 9.10. The number of anilines is 2. The molecule has 1 aliphatic heterocycles. The van der Waals surface area contributed by atoms with Gasteiger partial charge in [0.25, 0.3) is 0 Å². The lowest BCUT2D eigenvalue weighted by molar-refractivity contribution is -0.124. The second-order valence-electron chi connectivity index (χ2n) is 5.78. The number of benzene rings is 2. The number of rotatable bonds is 3. The van der Waals surface area contributed by atoms with Gasteiger partial charge in [-0.1, -0.05) is 18.2 Å². The first kappa shape index (κ1) is 15.7. The molecule has 2 amide bonds. The summed E-state index contributed by atoms with van der Waals surface area (Å²) in [6.45, 7) is 0. The van der Waals surface area contributed by atoms with Gasteiger partial charge in [0.05, 0.1) is 17.5 Å². The Balaban J connectivity index is 1.70. The van der Waals surface area contributed by atoms with E-state index in [1.54, 1.807) is 16.3 Å². The Labute approximate surface area is 148 Å². The first-order valence-electron chi connectivity index (χ1n) is 7.87. The Kier molecular flexibility index (Phi) is 3.93. The number of nitrogens with zero attached hydrogens (tertiary/aromatic N) is 2. The average Bonchev–Trinajstić information content (AvgIpc) is 2.99. The molecule has 25 heavy (non-hydrogen) atoms. The molecule has 7 heteroatoms. The molecule has 0 spiro atoms. The lowest BCUT2D eigenvalue weighted by atomic mass is 10.1. The van der Waals surface area contributed by atoms with Crippen LogP contribution < -0.4 is 10.6 Å². The maximum absolute atomic E-state index is 12.9. The number of hydrogen-bond acceptors (Lipinski definition) is 4. The fraction of sp³-hybridized carbons (Fsp3) is 0.167. The van der Waals surface area contributed by atoms with E-state index in [0.29, 0.717) is 11.6 Å². The van der Waals surface area contributed by atoms with E-state index in [0.717, 1.165) is 15.9 Å². The van der Waals surface area contributed by atoms with Crippen molar-refractivity contribution in [1.29, 1.82) is 0 Å². The number of hydrogen-bond donors (Lipinski definition) is 2. The van der Waals surface area contributed by atoms with E-state index < -0.39 is 6.04 Å². The van der Waals surface area contributed by atoms with Crippen LogP contribution in [0.3, 0.4) is 0 Å². The highest BCUT2D eigenvalue weighted by atomic mass is 32.2. The topological polar surface area (TPSA) is 76.0 Å². The van der Waals surface area contributed by atoms with Crippen LogP contribution in [0.15, 0.2) is 53.4 Å². The molecule has 0 aliphatic carbocycles. The predicted octanol–water partition coefficient (Wildman–Crippen LogP) is 3.28. The Morgan fingerprint density at radius 2 is 2.12 bits per heavy atom. The fourth-order valence-electron chi connectivity index (χ4n) is 3.03. The van der Waals surface area contributed by atoms with Crippen molar-refractivity contribution in [3.63, 3.8) is 0 Å². The van der Waals surface area contributed by atoms with Crippen molar-refractivity contribution in [3.8, 4) is 0 Å². The highest BCUT2D eigenvalue weighted by Gasteiger charge is 2.32. The standard InChI is InChI=1S/C18H16N4O2S/c1-25-12-6-4-5-11(9-12)19-17(24)15-10-16(23)21-18-20-13-7-2-3-8-14(13)22(15)18/h2-9,15H,10H2,1H3,(H,19,24)(H,20,21,23)/t15-/m0/s1. The summed E-state index contributed by atoms with van der Waals surface area (Å²) >= 11 is 1.61. The van der Waals surface area contributed by atoms with Gasteiger partial charge in [-0.2, -0.15) is 0 Å². The van der Waals surface area contributed by atoms with E-state index in [4.69, 9.17) is 0 Å². The second-order valence-corrected chi connectivity index (χ2v) is 6.66. The third-order valence-electron chi connectivity index (χ3n) is 4.18. The number of carbonyl (C=O) groups is 2. The zero-order valence-electron chi connectivity index (χ0n) is 13.5. The molecule has 2 N–H and O–H groups in total. The van der Waals surface area contributed by atoms with Crippen LogP contribution >= 0.6 is 11.8 Å². The van der Waals surface area contributed by atoms with Crippen LogP contribution in [-0.4, -0.2) is 27.6 Å². The Hall–Kier alpha value is -2.80. The Bertz CT molecular complexity index is 982. The molecule has 6 nitrogen and oxygen atoms in total. The molecule has 0 fully saturated rings. The maximum Gasteiger partial charge on any atom is 0.248 e. The van der Waals surface area contributed by atoms with Gasteiger partial charge in [0.1, 0.15) is 6.04 Å². The summed E-state index contributed by atoms with van der Waals surface area (Å²) in [6.07, 6.45) is 2.07. The van der Waals surface area contributed by atoms with Crippen molar-refractivity contribution in [3.05, 3.63) is 48.5 Å². The number of amides is 2.